The van der Waals surface area contributed by atoms with Gasteiger partial charge in [0.25, 0.3) is 0 Å². The number of nitrogens with zero attached hydrogens (tertiary/aromatic N) is 1. The van der Waals surface area contributed by atoms with Crippen molar-refractivity contribution in [2.75, 3.05) is 31.5 Å². The van der Waals surface area contributed by atoms with E-state index in [1.54, 1.807) is 0 Å². The molecule has 4 rings (SSSR count). The number of piperidine rings is 1. The molecule has 0 aliphatic carbocycles. The first-order chi connectivity index (χ1) is 13.4. The van der Waals surface area contributed by atoms with Crippen LogP contribution in [-0.4, -0.2) is 31.1 Å². The fourth-order valence-corrected chi connectivity index (χ4v) is 4.27. The number of likely N-dealkylation sites (tertiary alicyclic amines) is 1. The molecule has 4 heteroatoms. The molecular weight excluding hydrogens is 399 g/mol. The first kappa shape index (κ1) is 23.5. The van der Waals surface area contributed by atoms with Crippen LogP contribution in [0.1, 0.15) is 24.8 Å². The molecule has 1 heterocycles. The maximum atomic E-state index is 3.64. The van der Waals surface area contributed by atoms with Crippen molar-refractivity contribution in [3.8, 4) is 0 Å². The molecule has 0 aromatic heterocycles. The lowest BCUT2D eigenvalue weighted by atomic mass is 9.90. The second kappa shape index (κ2) is 12.1. The Bertz CT molecular complexity index is 840. The van der Waals surface area contributed by atoms with E-state index in [-0.39, 0.29) is 24.8 Å². The summed E-state index contributed by atoms with van der Waals surface area (Å²) in [7, 11) is 0. The number of fused-ring (bicyclic) bond motifs is 1. The van der Waals surface area contributed by atoms with E-state index in [1.807, 2.05) is 0 Å². The largest absolute Gasteiger partial charge is 0.384 e. The number of hydrogen-bond acceptors (Lipinski definition) is 2. The minimum absolute atomic E-state index is 0. The van der Waals surface area contributed by atoms with Gasteiger partial charge in [-0.2, -0.15) is 0 Å². The Balaban J connectivity index is 0.00000150. The van der Waals surface area contributed by atoms with Gasteiger partial charge in [0.05, 0.1) is 0 Å². The predicted octanol–water partition coefficient (Wildman–Crippen LogP) is 6.44. The molecule has 0 bridgehead atoms. The summed E-state index contributed by atoms with van der Waals surface area (Å²) < 4.78 is 0. The number of hydrogen-bond donors (Lipinski definition) is 1. The van der Waals surface area contributed by atoms with Crippen LogP contribution in [-0.2, 0) is 6.42 Å². The number of benzene rings is 3. The molecule has 3 aromatic carbocycles. The molecule has 0 spiro atoms. The van der Waals surface area contributed by atoms with Crippen LogP contribution < -0.4 is 5.32 Å². The van der Waals surface area contributed by atoms with Gasteiger partial charge in [-0.15, -0.1) is 24.8 Å². The van der Waals surface area contributed by atoms with E-state index in [0.29, 0.717) is 0 Å². The fourth-order valence-electron chi connectivity index (χ4n) is 4.27. The Morgan fingerprint density at radius 2 is 1.48 bits per heavy atom. The summed E-state index contributed by atoms with van der Waals surface area (Å²) in [6.45, 7) is 4.76. The zero-order chi connectivity index (χ0) is 18.3. The van der Waals surface area contributed by atoms with Gasteiger partial charge in [-0.3, -0.25) is 0 Å². The van der Waals surface area contributed by atoms with Gasteiger partial charge in [0.2, 0.25) is 0 Å². The van der Waals surface area contributed by atoms with E-state index < -0.39 is 0 Å². The van der Waals surface area contributed by atoms with E-state index in [4.69, 9.17) is 0 Å². The predicted molar refractivity (Wildman–Crippen MR) is 131 cm³/mol. The number of anilines is 1. The zero-order valence-corrected chi connectivity index (χ0v) is 18.6. The summed E-state index contributed by atoms with van der Waals surface area (Å²) in [5, 5.41) is 6.27. The standard InChI is InChI=1S/C25H30N2.2ClH/c1-2-8-21(9-3-1)20-22-14-18-27(19-15-22)17-7-16-26-25-13-6-11-23-10-4-5-12-24(23)25;;/h1-6,8-13,22,26H,7,14-20H2;2*1H. The average molecular weight is 431 g/mol. The van der Waals surface area contributed by atoms with Crippen molar-refractivity contribution in [1.82, 2.24) is 4.90 Å². The van der Waals surface area contributed by atoms with Gasteiger partial charge < -0.3 is 10.2 Å². The number of rotatable bonds is 7. The van der Waals surface area contributed by atoms with Crippen LogP contribution in [0.25, 0.3) is 10.8 Å². The van der Waals surface area contributed by atoms with Gasteiger partial charge in [0, 0.05) is 17.6 Å². The molecule has 29 heavy (non-hydrogen) atoms. The highest BCUT2D eigenvalue weighted by Gasteiger charge is 2.18. The summed E-state index contributed by atoms with van der Waals surface area (Å²) in [4.78, 5) is 2.65. The minimum Gasteiger partial charge on any atom is -0.384 e. The fraction of sp³-hybridized carbons (Fsp3) is 0.360. The molecular formula is C25H32Cl2N2. The van der Waals surface area contributed by atoms with Crippen LogP contribution in [0.4, 0.5) is 5.69 Å². The second-order valence-electron chi connectivity index (χ2n) is 7.78. The van der Waals surface area contributed by atoms with E-state index in [2.05, 4.69) is 83.0 Å². The van der Waals surface area contributed by atoms with Crippen molar-refractivity contribution < 1.29 is 0 Å². The summed E-state index contributed by atoms with van der Waals surface area (Å²) in [5.41, 5.74) is 2.75. The average Bonchev–Trinajstić information content (AvgIpc) is 2.73. The van der Waals surface area contributed by atoms with Gasteiger partial charge >= 0.3 is 0 Å². The lowest BCUT2D eigenvalue weighted by Crippen LogP contribution is -2.35. The summed E-state index contributed by atoms with van der Waals surface area (Å²) >= 11 is 0. The first-order valence-electron chi connectivity index (χ1n) is 10.4. The molecule has 0 unspecified atom stereocenters. The van der Waals surface area contributed by atoms with Gasteiger partial charge in [0.15, 0.2) is 0 Å². The second-order valence-corrected chi connectivity index (χ2v) is 7.78. The highest BCUT2D eigenvalue weighted by Crippen LogP contribution is 2.23. The maximum absolute atomic E-state index is 3.64. The van der Waals surface area contributed by atoms with E-state index in [1.165, 1.54) is 67.3 Å². The molecule has 1 saturated heterocycles. The topological polar surface area (TPSA) is 15.3 Å². The third-order valence-corrected chi connectivity index (χ3v) is 5.83. The molecule has 1 aliphatic heterocycles. The smallest absolute Gasteiger partial charge is 0.0419 e. The van der Waals surface area contributed by atoms with Crippen LogP contribution >= 0.6 is 24.8 Å². The Labute approximate surface area is 187 Å². The Hall–Kier alpha value is -1.74. The molecule has 156 valence electrons. The van der Waals surface area contributed by atoms with Crippen LogP contribution in [0.2, 0.25) is 0 Å². The third kappa shape index (κ3) is 6.64. The molecule has 1 aliphatic rings. The van der Waals surface area contributed by atoms with Crippen molar-refractivity contribution in [3.05, 3.63) is 78.4 Å². The van der Waals surface area contributed by atoms with Crippen LogP contribution in [0.15, 0.2) is 72.8 Å². The van der Waals surface area contributed by atoms with E-state index >= 15 is 0 Å². The zero-order valence-electron chi connectivity index (χ0n) is 16.9. The van der Waals surface area contributed by atoms with Crippen molar-refractivity contribution >= 4 is 41.3 Å². The van der Waals surface area contributed by atoms with E-state index in [0.717, 1.165) is 12.5 Å². The van der Waals surface area contributed by atoms with Crippen molar-refractivity contribution in [3.63, 3.8) is 0 Å². The lowest BCUT2D eigenvalue weighted by Gasteiger charge is -2.32. The van der Waals surface area contributed by atoms with Gasteiger partial charge in [-0.25, -0.2) is 0 Å². The van der Waals surface area contributed by atoms with Crippen LogP contribution in [0.3, 0.4) is 0 Å². The minimum atomic E-state index is 0. The molecule has 0 atom stereocenters. The normalized spacial score (nSPS) is 14.8. The molecule has 2 nitrogen and oxygen atoms in total. The summed E-state index contributed by atoms with van der Waals surface area (Å²) in [5.74, 6) is 0.859. The van der Waals surface area contributed by atoms with Crippen molar-refractivity contribution in [2.45, 2.75) is 25.7 Å². The van der Waals surface area contributed by atoms with Gasteiger partial charge in [0.1, 0.15) is 0 Å². The molecule has 0 amide bonds. The first-order valence-corrected chi connectivity index (χ1v) is 10.4. The van der Waals surface area contributed by atoms with Gasteiger partial charge in [-0.05, 0) is 68.3 Å². The third-order valence-electron chi connectivity index (χ3n) is 5.83. The number of nitrogens with one attached hydrogen (secondary N) is 1. The van der Waals surface area contributed by atoms with Crippen LogP contribution in [0, 0.1) is 5.92 Å². The summed E-state index contributed by atoms with van der Waals surface area (Å²) in [6, 6.07) is 26.1. The molecule has 1 fully saturated rings. The quantitative estimate of drug-likeness (QED) is 0.433. The SMILES string of the molecule is Cl.Cl.c1ccc(CC2CCN(CCCNc3cccc4ccccc34)CC2)cc1. The highest BCUT2D eigenvalue weighted by molar-refractivity contribution is 5.93. The van der Waals surface area contributed by atoms with Crippen molar-refractivity contribution in [1.29, 1.82) is 0 Å². The lowest BCUT2D eigenvalue weighted by molar-refractivity contribution is 0.183. The highest BCUT2D eigenvalue weighted by atomic mass is 35.5. The molecule has 0 radical (unpaired) electrons. The van der Waals surface area contributed by atoms with E-state index in [9.17, 15) is 0 Å². The summed E-state index contributed by atoms with van der Waals surface area (Å²) in [6.07, 6.45) is 5.13. The van der Waals surface area contributed by atoms with Gasteiger partial charge in [-0.1, -0.05) is 66.7 Å². The maximum Gasteiger partial charge on any atom is 0.0419 e. The number of halogens is 2. The molecule has 3 aromatic rings. The van der Waals surface area contributed by atoms with Crippen molar-refractivity contribution in [2.24, 2.45) is 5.92 Å². The molecule has 1 N–H and O–H groups in total. The Morgan fingerprint density at radius 1 is 0.793 bits per heavy atom. The monoisotopic (exact) mass is 430 g/mol. The Morgan fingerprint density at radius 3 is 2.28 bits per heavy atom. The molecule has 0 saturated carbocycles. The van der Waals surface area contributed by atoms with Crippen LogP contribution in [0.5, 0.6) is 0 Å². The Kier molecular flexibility index (Phi) is 9.80.